The van der Waals surface area contributed by atoms with Gasteiger partial charge in [0.1, 0.15) is 4.99 Å². The second kappa shape index (κ2) is 5.68. The highest BCUT2D eigenvalue weighted by molar-refractivity contribution is 7.80. The molecule has 2 N–H and O–H groups in total. The standard InChI is InChI=1S/C16H22FNOS/c1-10-6-12(9-16(2,3)8-10)19-14-5-4-11(15(18)20)7-13(14)17/h4-5,7,10,12H,6,8-9H2,1-3H3,(H2,18,20). The number of benzene rings is 1. The second-order valence-electron chi connectivity index (χ2n) is 6.66. The fraction of sp³-hybridized carbons (Fsp3) is 0.562. The summed E-state index contributed by atoms with van der Waals surface area (Å²) in [6.07, 6.45) is 3.18. The SMILES string of the molecule is CC1CC(Oc2ccc(C(N)=S)cc2F)CC(C)(C)C1. The van der Waals surface area contributed by atoms with Gasteiger partial charge in [0, 0.05) is 5.56 Å². The van der Waals surface area contributed by atoms with E-state index >= 15 is 0 Å². The highest BCUT2D eigenvalue weighted by Gasteiger charge is 2.33. The molecule has 4 heteroatoms. The minimum Gasteiger partial charge on any atom is -0.487 e. The lowest BCUT2D eigenvalue weighted by Gasteiger charge is -2.38. The summed E-state index contributed by atoms with van der Waals surface area (Å²) in [5.41, 5.74) is 6.27. The molecule has 1 fully saturated rings. The van der Waals surface area contributed by atoms with Crippen molar-refractivity contribution in [2.45, 2.75) is 46.1 Å². The van der Waals surface area contributed by atoms with Crippen LogP contribution in [0.25, 0.3) is 0 Å². The Hall–Kier alpha value is -1.16. The molecule has 20 heavy (non-hydrogen) atoms. The summed E-state index contributed by atoms with van der Waals surface area (Å²) < 4.78 is 19.9. The van der Waals surface area contributed by atoms with Crippen LogP contribution in [0.1, 0.15) is 45.6 Å². The van der Waals surface area contributed by atoms with Crippen molar-refractivity contribution in [2.24, 2.45) is 17.1 Å². The molecule has 1 aromatic carbocycles. The van der Waals surface area contributed by atoms with Crippen LogP contribution in [0.2, 0.25) is 0 Å². The Kier molecular flexibility index (Phi) is 4.33. The van der Waals surface area contributed by atoms with Gasteiger partial charge in [-0.05, 0) is 48.8 Å². The van der Waals surface area contributed by atoms with Crippen molar-refractivity contribution >= 4 is 17.2 Å². The van der Waals surface area contributed by atoms with E-state index in [-0.39, 0.29) is 16.5 Å². The largest absolute Gasteiger partial charge is 0.487 e. The monoisotopic (exact) mass is 295 g/mol. The van der Waals surface area contributed by atoms with Crippen LogP contribution in [0.15, 0.2) is 18.2 Å². The Balaban J connectivity index is 2.12. The average molecular weight is 295 g/mol. The fourth-order valence-corrected chi connectivity index (χ4v) is 3.40. The molecule has 2 nitrogen and oxygen atoms in total. The number of thiocarbonyl (C=S) groups is 1. The predicted molar refractivity (Wildman–Crippen MR) is 83.5 cm³/mol. The Morgan fingerprint density at radius 3 is 2.65 bits per heavy atom. The van der Waals surface area contributed by atoms with Crippen LogP contribution < -0.4 is 10.5 Å². The zero-order valence-electron chi connectivity index (χ0n) is 12.3. The van der Waals surface area contributed by atoms with Gasteiger partial charge in [-0.25, -0.2) is 4.39 Å². The van der Waals surface area contributed by atoms with Gasteiger partial charge in [0.25, 0.3) is 0 Å². The van der Waals surface area contributed by atoms with E-state index in [1.54, 1.807) is 12.1 Å². The smallest absolute Gasteiger partial charge is 0.165 e. The third-order valence-electron chi connectivity index (χ3n) is 3.86. The number of nitrogens with two attached hydrogens (primary N) is 1. The first-order valence-electron chi connectivity index (χ1n) is 7.03. The van der Waals surface area contributed by atoms with E-state index in [0.717, 1.165) is 12.8 Å². The average Bonchev–Trinajstić information content (AvgIpc) is 2.28. The van der Waals surface area contributed by atoms with Gasteiger partial charge in [-0.3, -0.25) is 0 Å². The number of halogens is 1. The van der Waals surface area contributed by atoms with Crippen LogP contribution in [-0.4, -0.2) is 11.1 Å². The maximum Gasteiger partial charge on any atom is 0.165 e. The molecule has 1 saturated carbocycles. The van der Waals surface area contributed by atoms with E-state index in [2.05, 4.69) is 20.8 Å². The number of hydrogen-bond donors (Lipinski definition) is 1. The van der Waals surface area contributed by atoms with Gasteiger partial charge < -0.3 is 10.5 Å². The third-order valence-corrected chi connectivity index (χ3v) is 4.09. The highest BCUT2D eigenvalue weighted by Crippen LogP contribution is 2.40. The molecular formula is C16H22FNOS. The van der Waals surface area contributed by atoms with Crippen molar-refractivity contribution < 1.29 is 9.13 Å². The minimum absolute atomic E-state index is 0.0685. The zero-order valence-corrected chi connectivity index (χ0v) is 13.1. The van der Waals surface area contributed by atoms with Crippen LogP contribution in [-0.2, 0) is 0 Å². The van der Waals surface area contributed by atoms with Gasteiger partial charge in [0.05, 0.1) is 6.10 Å². The van der Waals surface area contributed by atoms with E-state index < -0.39 is 5.82 Å². The Morgan fingerprint density at radius 1 is 1.40 bits per heavy atom. The second-order valence-corrected chi connectivity index (χ2v) is 7.10. The van der Waals surface area contributed by atoms with Crippen molar-refractivity contribution in [3.63, 3.8) is 0 Å². The fourth-order valence-electron chi connectivity index (χ4n) is 3.28. The first-order chi connectivity index (χ1) is 9.27. The summed E-state index contributed by atoms with van der Waals surface area (Å²) in [5.74, 6) is 0.494. The first kappa shape index (κ1) is 15.2. The molecule has 0 radical (unpaired) electrons. The van der Waals surface area contributed by atoms with E-state index in [9.17, 15) is 4.39 Å². The van der Waals surface area contributed by atoms with Gasteiger partial charge >= 0.3 is 0 Å². The maximum absolute atomic E-state index is 14.0. The molecular weight excluding hydrogens is 273 g/mol. The van der Waals surface area contributed by atoms with Crippen molar-refractivity contribution in [2.75, 3.05) is 0 Å². The maximum atomic E-state index is 14.0. The normalized spacial score (nSPS) is 25.2. The summed E-state index contributed by atoms with van der Waals surface area (Å²) in [7, 11) is 0. The number of rotatable bonds is 3. The van der Waals surface area contributed by atoms with Crippen molar-refractivity contribution in [1.82, 2.24) is 0 Å². The molecule has 1 aromatic rings. The molecule has 2 atom stereocenters. The van der Waals surface area contributed by atoms with Crippen LogP contribution in [0.5, 0.6) is 5.75 Å². The van der Waals surface area contributed by atoms with Gasteiger partial charge in [0.15, 0.2) is 11.6 Å². The molecule has 2 unspecified atom stereocenters. The molecule has 0 amide bonds. The molecule has 110 valence electrons. The Bertz CT molecular complexity index is 515. The molecule has 0 bridgehead atoms. The molecule has 0 heterocycles. The first-order valence-corrected chi connectivity index (χ1v) is 7.44. The Labute approximate surface area is 125 Å². The van der Waals surface area contributed by atoms with E-state index in [4.69, 9.17) is 22.7 Å². The molecule has 1 aliphatic carbocycles. The van der Waals surface area contributed by atoms with Crippen LogP contribution in [0.4, 0.5) is 4.39 Å². The highest BCUT2D eigenvalue weighted by atomic mass is 32.1. The lowest BCUT2D eigenvalue weighted by molar-refractivity contribution is 0.0536. The van der Waals surface area contributed by atoms with Crippen LogP contribution in [0, 0.1) is 17.2 Å². The van der Waals surface area contributed by atoms with Gasteiger partial charge in [-0.2, -0.15) is 0 Å². The third kappa shape index (κ3) is 3.69. The predicted octanol–water partition coefficient (Wildman–Crippen LogP) is 4.05. The van der Waals surface area contributed by atoms with Gasteiger partial charge in [-0.1, -0.05) is 33.0 Å². The summed E-state index contributed by atoms with van der Waals surface area (Å²) in [6, 6.07) is 4.67. The molecule has 2 rings (SSSR count). The molecule has 0 aromatic heterocycles. The topological polar surface area (TPSA) is 35.2 Å². The minimum atomic E-state index is -0.397. The van der Waals surface area contributed by atoms with Crippen molar-refractivity contribution in [1.29, 1.82) is 0 Å². The molecule has 0 saturated heterocycles. The van der Waals surface area contributed by atoms with Gasteiger partial charge in [-0.15, -0.1) is 0 Å². The lowest BCUT2D eigenvalue weighted by Crippen LogP contribution is -2.34. The number of ether oxygens (including phenoxy) is 1. The zero-order chi connectivity index (χ0) is 14.9. The van der Waals surface area contributed by atoms with Crippen LogP contribution >= 0.6 is 12.2 Å². The van der Waals surface area contributed by atoms with Gasteiger partial charge in [0.2, 0.25) is 0 Å². The van der Waals surface area contributed by atoms with E-state index in [1.807, 2.05) is 0 Å². The van der Waals surface area contributed by atoms with Crippen molar-refractivity contribution in [3.05, 3.63) is 29.6 Å². The summed E-state index contributed by atoms with van der Waals surface area (Å²) >= 11 is 4.84. The summed E-state index contributed by atoms with van der Waals surface area (Å²) in [6.45, 7) is 6.71. The quantitative estimate of drug-likeness (QED) is 0.854. The summed E-state index contributed by atoms with van der Waals surface area (Å²) in [4.78, 5) is 0.197. The Morgan fingerprint density at radius 2 is 2.10 bits per heavy atom. The molecule has 1 aliphatic rings. The van der Waals surface area contributed by atoms with E-state index in [1.165, 1.54) is 12.5 Å². The van der Waals surface area contributed by atoms with Crippen LogP contribution in [0.3, 0.4) is 0 Å². The molecule has 0 aliphatic heterocycles. The summed E-state index contributed by atoms with van der Waals surface area (Å²) in [5, 5.41) is 0. The van der Waals surface area contributed by atoms with Crippen molar-refractivity contribution in [3.8, 4) is 5.75 Å². The molecule has 0 spiro atoms. The van der Waals surface area contributed by atoms with E-state index in [0.29, 0.717) is 17.2 Å². The number of hydrogen-bond acceptors (Lipinski definition) is 2. The lowest BCUT2D eigenvalue weighted by atomic mass is 9.71.